The van der Waals surface area contributed by atoms with Gasteiger partial charge >= 0.3 is 5.30 Å². The SMILES string of the molecule is O=C(O)SCc1ncnn1C[C@@]1(c2ccc(F)cc2F)O[C@H]1c1ccccc1Cl. The molecular weight excluding hydrogens is 424 g/mol. The maximum Gasteiger partial charge on any atom is 0.365 e. The van der Waals surface area contributed by atoms with Gasteiger partial charge in [0.1, 0.15) is 35.5 Å². The minimum Gasteiger partial charge on any atom is -0.473 e. The summed E-state index contributed by atoms with van der Waals surface area (Å²) in [6.07, 6.45) is 0.708. The lowest BCUT2D eigenvalue weighted by atomic mass is 9.91. The van der Waals surface area contributed by atoms with Crippen molar-refractivity contribution < 1.29 is 23.4 Å². The van der Waals surface area contributed by atoms with Crippen LogP contribution in [0, 0.1) is 11.6 Å². The van der Waals surface area contributed by atoms with E-state index >= 15 is 0 Å². The molecule has 150 valence electrons. The minimum absolute atomic E-state index is 0.0565. The van der Waals surface area contributed by atoms with E-state index in [4.69, 9.17) is 21.4 Å². The van der Waals surface area contributed by atoms with E-state index in [1.54, 1.807) is 24.3 Å². The van der Waals surface area contributed by atoms with Crippen LogP contribution in [0.25, 0.3) is 0 Å². The molecule has 0 amide bonds. The fourth-order valence-electron chi connectivity index (χ4n) is 3.30. The van der Waals surface area contributed by atoms with Gasteiger partial charge in [0.15, 0.2) is 0 Å². The van der Waals surface area contributed by atoms with E-state index < -0.39 is 28.6 Å². The number of hydrogen-bond acceptors (Lipinski definition) is 5. The van der Waals surface area contributed by atoms with Crippen LogP contribution < -0.4 is 0 Å². The maximum absolute atomic E-state index is 14.7. The molecule has 10 heteroatoms. The first-order valence-electron chi connectivity index (χ1n) is 8.51. The average molecular weight is 438 g/mol. The summed E-state index contributed by atoms with van der Waals surface area (Å²) in [6.45, 7) is 0.0565. The lowest BCUT2D eigenvalue weighted by molar-refractivity contribution is 0.222. The Balaban J connectivity index is 1.73. The molecule has 1 fully saturated rings. The molecule has 1 aliphatic heterocycles. The van der Waals surface area contributed by atoms with E-state index in [9.17, 15) is 13.6 Å². The Bertz CT molecular complexity index is 1080. The van der Waals surface area contributed by atoms with Gasteiger partial charge in [-0.05, 0) is 23.9 Å². The summed E-state index contributed by atoms with van der Waals surface area (Å²) in [6, 6.07) is 10.3. The van der Waals surface area contributed by atoms with Gasteiger partial charge in [0.2, 0.25) is 0 Å². The van der Waals surface area contributed by atoms with Crippen LogP contribution in [0.1, 0.15) is 23.1 Å². The van der Waals surface area contributed by atoms with Crippen LogP contribution in [0.15, 0.2) is 48.8 Å². The third-order valence-corrected chi connectivity index (χ3v) is 5.67. The first-order valence-corrected chi connectivity index (χ1v) is 9.87. The van der Waals surface area contributed by atoms with E-state index in [0.717, 1.165) is 12.1 Å². The van der Waals surface area contributed by atoms with Crippen molar-refractivity contribution in [1.29, 1.82) is 0 Å². The van der Waals surface area contributed by atoms with Gasteiger partial charge in [0.05, 0.1) is 12.3 Å². The van der Waals surface area contributed by atoms with Gasteiger partial charge in [-0.2, -0.15) is 5.10 Å². The third-order valence-electron chi connectivity index (χ3n) is 4.67. The molecule has 1 aliphatic rings. The fourth-order valence-corrected chi connectivity index (χ4v) is 4.01. The Morgan fingerprint density at radius 3 is 2.83 bits per heavy atom. The topological polar surface area (TPSA) is 80.5 Å². The second-order valence-corrected chi connectivity index (χ2v) is 7.76. The number of carboxylic acid groups (broad SMARTS) is 1. The Kier molecular flexibility index (Phi) is 5.28. The van der Waals surface area contributed by atoms with Gasteiger partial charge in [-0.15, -0.1) is 0 Å². The highest BCUT2D eigenvalue weighted by Gasteiger charge is 2.61. The van der Waals surface area contributed by atoms with Gasteiger partial charge in [-0.3, -0.25) is 0 Å². The predicted molar refractivity (Wildman–Crippen MR) is 103 cm³/mol. The highest BCUT2D eigenvalue weighted by molar-refractivity contribution is 8.12. The Morgan fingerprint density at radius 1 is 1.31 bits per heavy atom. The summed E-state index contributed by atoms with van der Waals surface area (Å²) in [5, 5.41) is 12.4. The second-order valence-electron chi connectivity index (χ2n) is 6.42. The van der Waals surface area contributed by atoms with Gasteiger partial charge in [-0.1, -0.05) is 35.9 Å². The van der Waals surface area contributed by atoms with Crippen LogP contribution in [0.2, 0.25) is 5.02 Å². The number of halogens is 3. The van der Waals surface area contributed by atoms with Crippen LogP contribution in [0.3, 0.4) is 0 Å². The zero-order valence-corrected chi connectivity index (χ0v) is 16.3. The summed E-state index contributed by atoms with van der Waals surface area (Å²) in [4.78, 5) is 14.9. The third kappa shape index (κ3) is 3.85. The highest BCUT2D eigenvalue weighted by Crippen LogP contribution is 2.59. The van der Waals surface area contributed by atoms with Crippen LogP contribution in [0.4, 0.5) is 13.6 Å². The summed E-state index contributed by atoms with van der Waals surface area (Å²) < 4.78 is 35.6. The molecule has 0 bridgehead atoms. The number of nitrogens with zero attached hydrogens (tertiary/aromatic N) is 3. The molecule has 0 spiro atoms. The summed E-state index contributed by atoms with van der Waals surface area (Å²) in [5.41, 5.74) is -0.352. The number of ether oxygens (including phenoxy) is 1. The molecule has 0 saturated carbocycles. The van der Waals surface area contributed by atoms with Gasteiger partial charge in [-0.25, -0.2) is 23.2 Å². The number of rotatable bonds is 6. The van der Waals surface area contributed by atoms with E-state index in [2.05, 4.69) is 10.1 Å². The molecule has 1 N–H and O–H groups in total. The first-order chi connectivity index (χ1) is 13.9. The molecule has 2 heterocycles. The summed E-state index contributed by atoms with van der Waals surface area (Å²) in [7, 11) is 0. The molecule has 4 rings (SSSR count). The fraction of sp³-hybridized carbons (Fsp3) is 0.211. The zero-order valence-electron chi connectivity index (χ0n) is 14.8. The Morgan fingerprint density at radius 2 is 2.10 bits per heavy atom. The van der Waals surface area contributed by atoms with Crippen molar-refractivity contribution in [2.24, 2.45) is 0 Å². The van der Waals surface area contributed by atoms with Crippen molar-refractivity contribution in [2.45, 2.75) is 24.0 Å². The van der Waals surface area contributed by atoms with Gasteiger partial charge in [0, 0.05) is 22.2 Å². The van der Waals surface area contributed by atoms with Crippen molar-refractivity contribution in [2.75, 3.05) is 0 Å². The minimum atomic E-state index is -1.18. The van der Waals surface area contributed by atoms with Crippen LogP contribution in [0.5, 0.6) is 0 Å². The maximum atomic E-state index is 14.7. The smallest absolute Gasteiger partial charge is 0.365 e. The van der Waals surface area contributed by atoms with E-state index in [0.29, 0.717) is 28.2 Å². The molecule has 2 atom stereocenters. The number of aromatic nitrogens is 3. The molecule has 1 aromatic heterocycles. The lowest BCUT2D eigenvalue weighted by Crippen LogP contribution is -2.23. The van der Waals surface area contributed by atoms with Crippen LogP contribution in [-0.2, 0) is 22.6 Å². The van der Waals surface area contributed by atoms with Crippen molar-refractivity contribution in [1.82, 2.24) is 14.8 Å². The standard InChI is InChI=1S/C19H14ClF2N3O3S/c20-14-4-2-1-3-12(14)17-19(28-17,13-6-5-11(21)7-15(13)22)9-25-16(23-10-24-25)8-29-18(26)27/h1-7,10,17H,8-9H2,(H,26,27)/t17-,19-/m0/s1. The van der Waals surface area contributed by atoms with Gasteiger partial charge < -0.3 is 9.84 Å². The molecular formula is C19H14ClF2N3O3S. The van der Waals surface area contributed by atoms with Crippen molar-refractivity contribution in [3.63, 3.8) is 0 Å². The summed E-state index contributed by atoms with van der Waals surface area (Å²) in [5.74, 6) is -0.974. The number of carbonyl (C=O) groups is 1. The molecule has 29 heavy (non-hydrogen) atoms. The normalized spacial score (nSPS) is 20.6. The zero-order chi connectivity index (χ0) is 20.6. The first kappa shape index (κ1) is 19.8. The predicted octanol–water partition coefficient (Wildman–Crippen LogP) is 4.79. The van der Waals surface area contributed by atoms with Crippen LogP contribution in [-0.4, -0.2) is 25.2 Å². The molecule has 0 unspecified atom stereocenters. The molecule has 3 aromatic rings. The van der Waals surface area contributed by atoms with Crippen molar-refractivity contribution >= 4 is 28.7 Å². The van der Waals surface area contributed by atoms with E-state index in [1.165, 1.54) is 17.1 Å². The highest BCUT2D eigenvalue weighted by atomic mass is 35.5. The Hall–Kier alpha value is -2.49. The summed E-state index contributed by atoms with van der Waals surface area (Å²) >= 11 is 6.96. The number of epoxide rings is 1. The van der Waals surface area contributed by atoms with Crippen molar-refractivity contribution in [3.8, 4) is 0 Å². The number of thioether (sulfide) groups is 1. The van der Waals surface area contributed by atoms with Gasteiger partial charge in [0.25, 0.3) is 0 Å². The average Bonchev–Trinajstić information content (AvgIpc) is 3.20. The lowest BCUT2D eigenvalue weighted by Gasteiger charge is -2.16. The second kappa shape index (κ2) is 7.74. The quantitative estimate of drug-likeness (QED) is 0.558. The molecule has 0 aliphatic carbocycles. The molecule has 2 aromatic carbocycles. The number of benzene rings is 2. The number of hydrogen-bond donors (Lipinski definition) is 1. The molecule has 6 nitrogen and oxygen atoms in total. The molecule has 1 saturated heterocycles. The Labute approximate surface area is 173 Å². The van der Waals surface area contributed by atoms with Crippen molar-refractivity contribution in [3.05, 3.63) is 82.4 Å². The van der Waals surface area contributed by atoms with E-state index in [1.807, 2.05) is 0 Å². The monoisotopic (exact) mass is 437 g/mol. The van der Waals surface area contributed by atoms with E-state index in [-0.39, 0.29) is 17.9 Å². The molecule has 0 radical (unpaired) electrons. The van der Waals surface area contributed by atoms with Crippen LogP contribution >= 0.6 is 23.4 Å². The largest absolute Gasteiger partial charge is 0.473 e.